The van der Waals surface area contributed by atoms with Crippen molar-refractivity contribution in [3.63, 3.8) is 0 Å². The number of carbonyl (C=O) groups excluding carboxylic acids is 2. The van der Waals surface area contributed by atoms with Gasteiger partial charge in [0.15, 0.2) is 0 Å². The minimum atomic E-state index is -0.495. The van der Waals surface area contributed by atoms with E-state index in [4.69, 9.17) is 9.15 Å². The quantitative estimate of drug-likeness (QED) is 0.630. The number of rotatable bonds is 9. The lowest BCUT2D eigenvalue weighted by Gasteiger charge is -2.34. The lowest BCUT2D eigenvalue weighted by Crippen LogP contribution is -2.56. The molecule has 8 heteroatoms. The third-order valence-electron chi connectivity index (χ3n) is 4.52. The first-order valence-electron chi connectivity index (χ1n) is 9.48. The van der Waals surface area contributed by atoms with Gasteiger partial charge in [0.1, 0.15) is 17.3 Å². The van der Waals surface area contributed by atoms with Crippen molar-refractivity contribution in [1.82, 2.24) is 20.5 Å². The number of furan rings is 1. The zero-order chi connectivity index (χ0) is 19.8. The Labute approximate surface area is 164 Å². The summed E-state index contributed by atoms with van der Waals surface area (Å²) in [7, 11) is 0. The molecule has 0 aromatic carbocycles. The number of hydrogen-bond donors (Lipinski definition) is 2. The van der Waals surface area contributed by atoms with Crippen molar-refractivity contribution in [1.29, 1.82) is 0 Å². The topological polar surface area (TPSA) is 96.7 Å². The molecule has 150 valence electrons. The summed E-state index contributed by atoms with van der Waals surface area (Å²) in [6, 6.07) is 6.95. The van der Waals surface area contributed by atoms with Gasteiger partial charge in [-0.1, -0.05) is 0 Å². The third-order valence-corrected chi connectivity index (χ3v) is 4.52. The highest BCUT2D eigenvalue weighted by Gasteiger charge is 2.32. The normalized spacial score (nSPS) is 17.2. The molecule has 8 nitrogen and oxygen atoms in total. The van der Waals surface area contributed by atoms with E-state index >= 15 is 0 Å². The summed E-state index contributed by atoms with van der Waals surface area (Å²) in [6.07, 6.45) is 4.13. The maximum absolute atomic E-state index is 12.3. The van der Waals surface area contributed by atoms with E-state index in [2.05, 4.69) is 15.6 Å². The van der Waals surface area contributed by atoms with E-state index in [0.29, 0.717) is 45.0 Å². The molecular weight excluding hydrogens is 360 g/mol. The van der Waals surface area contributed by atoms with Crippen LogP contribution in [0.15, 0.2) is 41.1 Å². The molecule has 3 rings (SSSR count). The van der Waals surface area contributed by atoms with Crippen LogP contribution in [0.1, 0.15) is 24.4 Å². The second-order valence-electron chi connectivity index (χ2n) is 6.73. The van der Waals surface area contributed by atoms with Gasteiger partial charge >= 0.3 is 0 Å². The van der Waals surface area contributed by atoms with Gasteiger partial charge in [-0.05, 0) is 37.6 Å². The van der Waals surface area contributed by atoms with E-state index in [9.17, 15) is 9.59 Å². The van der Waals surface area contributed by atoms with E-state index in [-0.39, 0.29) is 18.2 Å². The summed E-state index contributed by atoms with van der Waals surface area (Å²) < 4.78 is 11.2. The minimum Gasteiger partial charge on any atom is -0.492 e. The maximum Gasteiger partial charge on any atom is 0.237 e. The minimum absolute atomic E-state index is 0.120. The summed E-state index contributed by atoms with van der Waals surface area (Å²) in [5.41, 5.74) is 0. The SMILES string of the molecule is Cc1ccc(CN2CCNC(=O)C2CC(=O)NCCCOc2cccnc2)o1. The van der Waals surface area contributed by atoms with Gasteiger partial charge < -0.3 is 19.8 Å². The molecule has 0 bridgehead atoms. The van der Waals surface area contributed by atoms with Gasteiger partial charge in [-0.15, -0.1) is 0 Å². The van der Waals surface area contributed by atoms with Crippen LogP contribution < -0.4 is 15.4 Å². The van der Waals surface area contributed by atoms with Gasteiger partial charge in [-0.2, -0.15) is 0 Å². The number of aromatic nitrogens is 1. The molecule has 28 heavy (non-hydrogen) atoms. The van der Waals surface area contributed by atoms with Gasteiger partial charge in [-0.25, -0.2) is 0 Å². The highest BCUT2D eigenvalue weighted by atomic mass is 16.5. The lowest BCUT2D eigenvalue weighted by molar-refractivity contribution is -0.134. The molecule has 0 radical (unpaired) electrons. The standard InChI is InChI=1S/C20H26N4O4/c1-15-5-6-17(28-15)14-24-10-9-23-20(26)18(24)12-19(25)22-8-3-11-27-16-4-2-7-21-13-16/h2,4-7,13,18H,3,8-12,14H2,1H3,(H,22,25)(H,23,26). The van der Waals surface area contributed by atoms with Gasteiger partial charge in [-0.3, -0.25) is 19.5 Å². The largest absolute Gasteiger partial charge is 0.492 e. The van der Waals surface area contributed by atoms with Crippen LogP contribution in [0.5, 0.6) is 5.75 Å². The molecule has 1 saturated heterocycles. The molecule has 2 aromatic rings. The van der Waals surface area contributed by atoms with Crippen molar-refractivity contribution < 1.29 is 18.7 Å². The molecule has 2 amide bonds. The van der Waals surface area contributed by atoms with Crippen molar-refractivity contribution in [3.05, 3.63) is 48.2 Å². The maximum atomic E-state index is 12.3. The first-order valence-corrected chi connectivity index (χ1v) is 9.48. The van der Waals surface area contributed by atoms with Crippen LogP contribution in [0.3, 0.4) is 0 Å². The van der Waals surface area contributed by atoms with E-state index in [1.165, 1.54) is 0 Å². The molecule has 1 unspecified atom stereocenters. The van der Waals surface area contributed by atoms with Crippen LogP contribution in [0.2, 0.25) is 0 Å². The smallest absolute Gasteiger partial charge is 0.237 e. The Kier molecular flexibility index (Phi) is 7.02. The summed E-state index contributed by atoms with van der Waals surface area (Å²) in [5, 5.41) is 5.70. The number of aryl methyl sites for hydroxylation is 1. The van der Waals surface area contributed by atoms with Crippen molar-refractivity contribution in [3.8, 4) is 5.75 Å². The number of amides is 2. The van der Waals surface area contributed by atoms with Crippen molar-refractivity contribution in [2.75, 3.05) is 26.2 Å². The Morgan fingerprint density at radius 3 is 3.07 bits per heavy atom. The highest BCUT2D eigenvalue weighted by Crippen LogP contribution is 2.16. The first kappa shape index (κ1) is 19.9. The number of nitrogens with one attached hydrogen (secondary N) is 2. The van der Waals surface area contributed by atoms with Crippen LogP contribution >= 0.6 is 0 Å². The Bertz CT molecular complexity index is 778. The molecule has 0 saturated carbocycles. The summed E-state index contributed by atoms with van der Waals surface area (Å²) in [4.78, 5) is 30.5. The Hall–Kier alpha value is -2.87. The monoisotopic (exact) mass is 386 g/mol. The first-order chi connectivity index (χ1) is 13.6. The Morgan fingerprint density at radius 2 is 2.32 bits per heavy atom. The number of pyridine rings is 1. The number of hydrogen-bond acceptors (Lipinski definition) is 6. The van der Waals surface area contributed by atoms with E-state index < -0.39 is 6.04 Å². The Balaban J connectivity index is 1.42. The average molecular weight is 386 g/mol. The molecule has 0 spiro atoms. The highest BCUT2D eigenvalue weighted by molar-refractivity contribution is 5.88. The fourth-order valence-corrected chi connectivity index (χ4v) is 3.11. The molecule has 3 heterocycles. The molecule has 1 aliphatic rings. The second-order valence-corrected chi connectivity index (χ2v) is 6.73. The molecule has 2 N–H and O–H groups in total. The van der Waals surface area contributed by atoms with E-state index in [1.54, 1.807) is 12.4 Å². The number of nitrogens with zero attached hydrogens (tertiary/aromatic N) is 2. The van der Waals surface area contributed by atoms with Crippen LogP contribution in [-0.2, 0) is 16.1 Å². The molecule has 0 aliphatic carbocycles. The number of ether oxygens (including phenoxy) is 1. The van der Waals surface area contributed by atoms with Crippen molar-refractivity contribution in [2.45, 2.75) is 32.4 Å². The zero-order valence-corrected chi connectivity index (χ0v) is 16.0. The van der Waals surface area contributed by atoms with E-state index in [1.807, 2.05) is 36.1 Å². The number of piperazine rings is 1. The molecule has 1 fully saturated rings. The molecule has 1 aliphatic heterocycles. The van der Waals surface area contributed by atoms with Gasteiger partial charge in [0.2, 0.25) is 11.8 Å². The number of carbonyl (C=O) groups is 2. The molecule has 2 aromatic heterocycles. The van der Waals surface area contributed by atoms with Crippen molar-refractivity contribution in [2.24, 2.45) is 0 Å². The zero-order valence-electron chi connectivity index (χ0n) is 16.0. The molecular formula is C20H26N4O4. The van der Waals surface area contributed by atoms with Gasteiger partial charge in [0.05, 0.1) is 31.8 Å². The van der Waals surface area contributed by atoms with Crippen LogP contribution in [0.4, 0.5) is 0 Å². The van der Waals surface area contributed by atoms with Crippen LogP contribution in [-0.4, -0.2) is 54.0 Å². The summed E-state index contributed by atoms with van der Waals surface area (Å²) in [5.74, 6) is 2.06. The van der Waals surface area contributed by atoms with Gasteiger partial charge in [0.25, 0.3) is 0 Å². The fraction of sp³-hybridized carbons (Fsp3) is 0.450. The second kappa shape index (κ2) is 9.89. The average Bonchev–Trinajstić information content (AvgIpc) is 3.10. The van der Waals surface area contributed by atoms with Crippen LogP contribution in [0.25, 0.3) is 0 Å². The summed E-state index contributed by atoms with van der Waals surface area (Å²) in [6.45, 7) is 4.63. The van der Waals surface area contributed by atoms with Crippen molar-refractivity contribution >= 4 is 11.8 Å². The fourth-order valence-electron chi connectivity index (χ4n) is 3.11. The van der Waals surface area contributed by atoms with E-state index in [0.717, 1.165) is 11.5 Å². The Morgan fingerprint density at radius 1 is 1.43 bits per heavy atom. The third kappa shape index (κ3) is 5.82. The van der Waals surface area contributed by atoms with Crippen LogP contribution in [0, 0.1) is 6.92 Å². The molecule has 1 atom stereocenters. The summed E-state index contributed by atoms with van der Waals surface area (Å²) >= 11 is 0. The predicted molar refractivity (Wildman–Crippen MR) is 103 cm³/mol. The predicted octanol–water partition coefficient (Wildman–Crippen LogP) is 1.26. The van der Waals surface area contributed by atoms with Gasteiger partial charge in [0, 0.05) is 25.8 Å². The lowest BCUT2D eigenvalue weighted by atomic mass is 10.1.